The van der Waals surface area contributed by atoms with Crippen LogP contribution in [-0.2, 0) is 4.74 Å². The Kier molecular flexibility index (Phi) is 6.12. The van der Waals surface area contributed by atoms with Crippen LogP contribution < -0.4 is 5.32 Å². The molecule has 0 spiro atoms. The van der Waals surface area contributed by atoms with Crippen LogP contribution in [0.5, 0.6) is 0 Å². The van der Waals surface area contributed by atoms with E-state index < -0.39 is 0 Å². The molecule has 0 amide bonds. The summed E-state index contributed by atoms with van der Waals surface area (Å²) in [7, 11) is 0. The topological polar surface area (TPSA) is 34.1 Å². The van der Waals surface area contributed by atoms with Crippen LogP contribution in [0.3, 0.4) is 0 Å². The van der Waals surface area contributed by atoms with Gasteiger partial charge in [0, 0.05) is 19.3 Å². The number of nitrogens with zero attached hydrogens (tertiary/aromatic N) is 1. The van der Waals surface area contributed by atoms with E-state index in [4.69, 9.17) is 16.3 Å². The largest absolute Gasteiger partial charge is 0.380 e. The van der Waals surface area contributed by atoms with Crippen molar-refractivity contribution < 1.29 is 4.74 Å². The molecular formula is C11H17ClN2O. The Balaban J connectivity index is 2.07. The fraction of sp³-hybridized carbons (Fsp3) is 0.545. The Bertz CT molecular complexity index is 264. The molecule has 1 heterocycles. The first-order chi connectivity index (χ1) is 7.33. The molecule has 0 aliphatic heterocycles. The van der Waals surface area contributed by atoms with E-state index in [1.807, 2.05) is 12.1 Å². The van der Waals surface area contributed by atoms with Crippen molar-refractivity contribution in [1.29, 1.82) is 0 Å². The van der Waals surface area contributed by atoms with E-state index in [-0.39, 0.29) is 0 Å². The molecule has 84 valence electrons. The number of hydrogen-bond acceptors (Lipinski definition) is 3. The number of hydrogen-bond donors (Lipinski definition) is 1. The summed E-state index contributed by atoms with van der Waals surface area (Å²) in [6, 6.07) is 3.67. The van der Waals surface area contributed by atoms with E-state index >= 15 is 0 Å². The number of anilines is 1. The number of pyridine rings is 1. The highest BCUT2D eigenvalue weighted by Crippen LogP contribution is 2.08. The van der Waals surface area contributed by atoms with Crippen LogP contribution in [-0.4, -0.2) is 24.7 Å². The van der Waals surface area contributed by atoms with Crippen LogP contribution in [0, 0.1) is 0 Å². The predicted molar refractivity (Wildman–Crippen MR) is 63.5 cm³/mol. The second-order valence-corrected chi connectivity index (χ2v) is 3.69. The standard InChI is InChI=1S/C11H17ClN2O/c1-2-3-7-15-8-6-13-11-5-4-10(12)9-14-11/h4-5,9H,2-3,6-8H2,1H3,(H,13,14). The molecule has 0 fully saturated rings. The molecule has 0 atom stereocenters. The zero-order valence-electron chi connectivity index (χ0n) is 9.00. The number of aromatic nitrogens is 1. The van der Waals surface area contributed by atoms with Crippen LogP contribution in [0.1, 0.15) is 19.8 Å². The molecule has 0 saturated carbocycles. The number of nitrogens with one attached hydrogen (secondary N) is 1. The summed E-state index contributed by atoms with van der Waals surface area (Å²) in [4.78, 5) is 4.11. The second kappa shape index (κ2) is 7.49. The van der Waals surface area contributed by atoms with Gasteiger partial charge in [0.15, 0.2) is 0 Å². The van der Waals surface area contributed by atoms with Gasteiger partial charge in [0.2, 0.25) is 0 Å². The Morgan fingerprint density at radius 2 is 2.27 bits per heavy atom. The fourth-order valence-electron chi connectivity index (χ4n) is 1.08. The van der Waals surface area contributed by atoms with E-state index in [0.29, 0.717) is 11.6 Å². The van der Waals surface area contributed by atoms with Crippen molar-refractivity contribution in [3.05, 3.63) is 23.4 Å². The first-order valence-corrected chi connectivity index (χ1v) is 5.64. The van der Waals surface area contributed by atoms with E-state index in [0.717, 1.165) is 25.4 Å². The lowest BCUT2D eigenvalue weighted by molar-refractivity contribution is 0.141. The maximum absolute atomic E-state index is 5.72. The molecule has 1 rings (SSSR count). The summed E-state index contributed by atoms with van der Waals surface area (Å²) < 4.78 is 5.40. The van der Waals surface area contributed by atoms with Crippen LogP contribution in [0.4, 0.5) is 5.82 Å². The van der Waals surface area contributed by atoms with Gasteiger partial charge in [-0.2, -0.15) is 0 Å². The summed E-state index contributed by atoms with van der Waals surface area (Å²) in [6.07, 6.45) is 3.92. The quantitative estimate of drug-likeness (QED) is 0.729. The van der Waals surface area contributed by atoms with Gasteiger partial charge in [0.25, 0.3) is 0 Å². The Morgan fingerprint density at radius 1 is 1.40 bits per heavy atom. The van der Waals surface area contributed by atoms with Crippen LogP contribution in [0.25, 0.3) is 0 Å². The van der Waals surface area contributed by atoms with Crippen molar-refractivity contribution in [2.45, 2.75) is 19.8 Å². The Morgan fingerprint density at radius 3 is 2.93 bits per heavy atom. The normalized spacial score (nSPS) is 10.3. The van der Waals surface area contributed by atoms with Gasteiger partial charge >= 0.3 is 0 Å². The zero-order valence-corrected chi connectivity index (χ0v) is 9.76. The van der Waals surface area contributed by atoms with E-state index in [1.165, 1.54) is 6.42 Å². The van der Waals surface area contributed by atoms with E-state index in [1.54, 1.807) is 6.20 Å². The van der Waals surface area contributed by atoms with Gasteiger partial charge in [-0.15, -0.1) is 0 Å². The summed E-state index contributed by atoms with van der Waals surface area (Å²) in [5, 5.41) is 3.81. The minimum atomic E-state index is 0.653. The van der Waals surface area contributed by atoms with E-state index in [9.17, 15) is 0 Å². The molecule has 0 saturated heterocycles. The lowest BCUT2D eigenvalue weighted by Crippen LogP contribution is -2.10. The predicted octanol–water partition coefficient (Wildman–Crippen LogP) is 2.96. The summed E-state index contributed by atoms with van der Waals surface area (Å²) in [5.41, 5.74) is 0. The van der Waals surface area contributed by atoms with Gasteiger partial charge in [-0.25, -0.2) is 4.98 Å². The zero-order chi connectivity index (χ0) is 10.9. The first kappa shape index (κ1) is 12.3. The molecule has 0 aliphatic carbocycles. The van der Waals surface area contributed by atoms with Crippen LogP contribution in [0.2, 0.25) is 5.02 Å². The van der Waals surface area contributed by atoms with Crippen molar-refractivity contribution in [2.75, 3.05) is 25.1 Å². The fourth-order valence-corrected chi connectivity index (χ4v) is 1.19. The number of ether oxygens (including phenoxy) is 1. The summed E-state index contributed by atoms with van der Waals surface area (Å²) >= 11 is 5.72. The smallest absolute Gasteiger partial charge is 0.126 e. The van der Waals surface area contributed by atoms with Gasteiger partial charge in [0.1, 0.15) is 5.82 Å². The molecule has 0 aliphatic rings. The van der Waals surface area contributed by atoms with Crippen molar-refractivity contribution >= 4 is 17.4 Å². The lowest BCUT2D eigenvalue weighted by Gasteiger charge is -2.06. The highest BCUT2D eigenvalue weighted by Gasteiger charge is 1.93. The molecular weight excluding hydrogens is 212 g/mol. The average molecular weight is 229 g/mol. The van der Waals surface area contributed by atoms with Crippen molar-refractivity contribution in [1.82, 2.24) is 4.98 Å². The van der Waals surface area contributed by atoms with Gasteiger partial charge in [-0.1, -0.05) is 24.9 Å². The minimum Gasteiger partial charge on any atom is -0.380 e. The third-order valence-electron chi connectivity index (χ3n) is 1.92. The number of unbranched alkanes of at least 4 members (excludes halogenated alkanes) is 1. The molecule has 0 radical (unpaired) electrons. The molecule has 1 aromatic rings. The Hall–Kier alpha value is -0.800. The second-order valence-electron chi connectivity index (χ2n) is 3.25. The molecule has 0 aromatic carbocycles. The minimum absolute atomic E-state index is 0.653. The van der Waals surface area contributed by atoms with E-state index in [2.05, 4.69) is 17.2 Å². The molecule has 15 heavy (non-hydrogen) atoms. The molecule has 1 aromatic heterocycles. The number of halogens is 1. The first-order valence-electron chi connectivity index (χ1n) is 5.26. The average Bonchev–Trinajstić information content (AvgIpc) is 2.26. The third-order valence-corrected chi connectivity index (χ3v) is 2.15. The summed E-state index contributed by atoms with van der Waals surface area (Å²) in [6.45, 7) is 4.48. The highest BCUT2D eigenvalue weighted by atomic mass is 35.5. The molecule has 4 heteroatoms. The summed E-state index contributed by atoms with van der Waals surface area (Å²) in [5.74, 6) is 0.832. The highest BCUT2D eigenvalue weighted by molar-refractivity contribution is 6.30. The third kappa shape index (κ3) is 5.60. The van der Waals surface area contributed by atoms with Crippen molar-refractivity contribution in [2.24, 2.45) is 0 Å². The van der Waals surface area contributed by atoms with Gasteiger partial charge in [0.05, 0.1) is 11.6 Å². The molecule has 3 nitrogen and oxygen atoms in total. The van der Waals surface area contributed by atoms with Crippen molar-refractivity contribution in [3.63, 3.8) is 0 Å². The van der Waals surface area contributed by atoms with Gasteiger partial charge < -0.3 is 10.1 Å². The lowest BCUT2D eigenvalue weighted by atomic mass is 10.4. The monoisotopic (exact) mass is 228 g/mol. The van der Waals surface area contributed by atoms with Gasteiger partial charge in [-0.3, -0.25) is 0 Å². The maximum Gasteiger partial charge on any atom is 0.126 e. The van der Waals surface area contributed by atoms with Crippen LogP contribution in [0.15, 0.2) is 18.3 Å². The maximum atomic E-state index is 5.72. The molecule has 0 bridgehead atoms. The van der Waals surface area contributed by atoms with Crippen LogP contribution >= 0.6 is 11.6 Å². The number of rotatable bonds is 7. The van der Waals surface area contributed by atoms with Gasteiger partial charge in [-0.05, 0) is 18.6 Å². The molecule has 1 N–H and O–H groups in total. The van der Waals surface area contributed by atoms with Crippen molar-refractivity contribution in [3.8, 4) is 0 Å². The molecule has 0 unspecified atom stereocenters. The Labute approximate surface area is 95.8 Å². The SMILES string of the molecule is CCCCOCCNc1ccc(Cl)cn1.